The summed E-state index contributed by atoms with van der Waals surface area (Å²) in [5, 5.41) is 3.18. The number of nitrogen functional groups attached to an aromatic ring is 1. The topological polar surface area (TPSA) is 90.4 Å². The molecule has 0 aromatic heterocycles. The highest BCUT2D eigenvalue weighted by atomic mass is 16.5. The molecule has 5 heteroatoms. The van der Waals surface area contributed by atoms with E-state index >= 15 is 0 Å². The summed E-state index contributed by atoms with van der Waals surface area (Å²) >= 11 is 0. The lowest BCUT2D eigenvalue weighted by atomic mass is 10.2. The molecule has 20 heavy (non-hydrogen) atoms. The van der Waals surface area contributed by atoms with Crippen LogP contribution in [0.15, 0.2) is 48.5 Å². The first-order chi connectivity index (χ1) is 9.66. The van der Waals surface area contributed by atoms with E-state index in [4.69, 9.17) is 16.2 Å². The predicted octanol–water partition coefficient (Wildman–Crippen LogP) is 1.86. The summed E-state index contributed by atoms with van der Waals surface area (Å²) in [5.74, 6) is 0.248. The van der Waals surface area contributed by atoms with Crippen LogP contribution in [0.2, 0.25) is 0 Å². The molecule has 0 atom stereocenters. The predicted molar refractivity (Wildman–Crippen MR) is 79.8 cm³/mol. The van der Waals surface area contributed by atoms with E-state index in [1.165, 1.54) is 0 Å². The molecule has 5 N–H and O–H groups in total. The number of hydrogen-bond donors (Lipinski definition) is 3. The number of rotatable bonds is 6. The number of nitrogens with one attached hydrogen (secondary N) is 1. The van der Waals surface area contributed by atoms with E-state index in [0.717, 1.165) is 5.69 Å². The van der Waals surface area contributed by atoms with E-state index < -0.39 is 5.91 Å². The zero-order valence-corrected chi connectivity index (χ0v) is 11.0. The zero-order valence-electron chi connectivity index (χ0n) is 11.0. The van der Waals surface area contributed by atoms with Gasteiger partial charge in [0.25, 0.3) is 0 Å². The van der Waals surface area contributed by atoms with Crippen LogP contribution in [-0.4, -0.2) is 19.1 Å². The normalized spacial score (nSPS) is 10.0. The Morgan fingerprint density at radius 1 is 1.10 bits per heavy atom. The van der Waals surface area contributed by atoms with Gasteiger partial charge in [0, 0.05) is 17.8 Å². The molecular weight excluding hydrogens is 254 g/mol. The van der Waals surface area contributed by atoms with Crippen LogP contribution in [0.3, 0.4) is 0 Å². The van der Waals surface area contributed by atoms with E-state index in [2.05, 4.69) is 5.32 Å². The standard InChI is InChI=1S/C15H17N3O2/c16-13-3-1-2-4-14(13)20-10-9-18-12-7-5-11(6-8-12)15(17)19/h1-8,18H,9-10,16H2,(H2,17,19). The van der Waals surface area contributed by atoms with Crippen LogP contribution in [-0.2, 0) is 0 Å². The van der Waals surface area contributed by atoms with Gasteiger partial charge in [-0.3, -0.25) is 4.79 Å². The van der Waals surface area contributed by atoms with E-state index in [0.29, 0.717) is 30.2 Å². The summed E-state index contributed by atoms with van der Waals surface area (Å²) in [6, 6.07) is 14.3. The lowest BCUT2D eigenvalue weighted by Gasteiger charge is -2.10. The van der Waals surface area contributed by atoms with Gasteiger partial charge in [-0.05, 0) is 36.4 Å². The van der Waals surface area contributed by atoms with Crippen molar-refractivity contribution in [2.75, 3.05) is 24.2 Å². The zero-order chi connectivity index (χ0) is 14.4. The third-order valence-corrected chi connectivity index (χ3v) is 2.78. The summed E-state index contributed by atoms with van der Waals surface area (Å²) in [5.41, 5.74) is 13.0. The fourth-order valence-corrected chi connectivity index (χ4v) is 1.72. The van der Waals surface area contributed by atoms with Crippen molar-refractivity contribution in [2.45, 2.75) is 0 Å². The maximum atomic E-state index is 10.9. The van der Waals surface area contributed by atoms with Crippen LogP contribution in [0.1, 0.15) is 10.4 Å². The molecule has 0 unspecified atom stereocenters. The van der Waals surface area contributed by atoms with Crippen molar-refractivity contribution in [2.24, 2.45) is 5.73 Å². The molecular formula is C15H17N3O2. The molecule has 1 amide bonds. The lowest BCUT2D eigenvalue weighted by molar-refractivity contribution is 0.100. The second-order valence-electron chi connectivity index (χ2n) is 4.25. The molecule has 0 radical (unpaired) electrons. The third kappa shape index (κ3) is 3.65. The number of primary amides is 1. The number of anilines is 2. The van der Waals surface area contributed by atoms with Crippen LogP contribution in [0.4, 0.5) is 11.4 Å². The van der Waals surface area contributed by atoms with Crippen LogP contribution in [0, 0.1) is 0 Å². The first-order valence-electron chi connectivity index (χ1n) is 6.28. The van der Waals surface area contributed by atoms with E-state index in [1.807, 2.05) is 18.2 Å². The highest BCUT2D eigenvalue weighted by Crippen LogP contribution is 2.19. The number of carbonyl (C=O) groups is 1. The van der Waals surface area contributed by atoms with Crippen LogP contribution in [0.25, 0.3) is 0 Å². The largest absolute Gasteiger partial charge is 0.490 e. The van der Waals surface area contributed by atoms with Crippen molar-refractivity contribution in [3.8, 4) is 5.75 Å². The Morgan fingerprint density at radius 2 is 1.80 bits per heavy atom. The molecule has 0 fully saturated rings. The van der Waals surface area contributed by atoms with Crippen molar-refractivity contribution in [3.05, 3.63) is 54.1 Å². The molecule has 2 aromatic carbocycles. The third-order valence-electron chi connectivity index (χ3n) is 2.78. The molecule has 0 aliphatic rings. The Kier molecular flexibility index (Phi) is 4.44. The minimum Gasteiger partial charge on any atom is -0.490 e. The molecule has 0 aliphatic carbocycles. The smallest absolute Gasteiger partial charge is 0.248 e. The van der Waals surface area contributed by atoms with Gasteiger partial charge >= 0.3 is 0 Å². The van der Waals surface area contributed by atoms with Crippen LogP contribution in [0.5, 0.6) is 5.75 Å². The second-order valence-corrected chi connectivity index (χ2v) is 4.25. The monoisotopic (exact) mass is 271 g/mol. The van der Waals surface area contributed by atoms with Crippen molar-refractivity contribution in [3.63, 3.8) is 0 Å². The minimum atomic E-state index is -0.431. The highest BCUT2D eigenvalue weighted by molar-refractivity contribution is 5.93. The molecule has 104 valence electrons. The van der Waals surface area contributed by atoms with Gasteiger partial charge < -0.3 is 21.5 Å². The van der Waals surface area contributed by atoms with Crippen molar-refractivity contribution < 1.29 is 9.53 Å². The van der Waals surface area contributed by atoms with Crippen molar-refractivity contribution >= 4 is 17.3 Å². The van der Waals surface area contributed by atoms with Crippen molar-refractivity contribution in [1.29, 1.82) is 0 Å². The number of hydrogen-bond acceptors (Lipinski definition) is 4. The Bertz CT molecular complexity index is 582. The number of nitrogens with two attached hydrogens (primary N) is 2. The molecule has 0 aliphatic heterocycles. The summed E-state index contributed by atoms with van der Waals surface area (Å²) in [6.45, 7) is 1.12. The summed E-state index contributed by atoms with van der Waals surface area (Å²) in [6.07, 6.45) is 0. The van der Waals surface area contributed by atoms with Crippen LogP contribution >= 0.6 is 0 Å². The fourth-order valence-electron chi connectivity index (χ4n) is 1.72. The Balaban J connectivity index is 1.79. The first-order valence-corrected chi connectivity index (χ1v) is 6.28. The van der Waals surface area contributed by atoms with E-state index in [1.54, 1.807) is 30.3 Å². The number of para-hydroxylation sites is 2. The van der Waals surface area contributed by atoms with Crippen molar-refractivity contribution in [1.82, 2.24) is 0 Å². The average Bonchev–Trinajstić information content (AvgIpc) is 2.46. The average molecular weight is 271 g/mol. The lowest BCUT2D eigenvalue weighted by Crippen LogP contribution is -2.13. The quantitative estimate of drug-likeness (QED) is 0.552. The van der Waals surface area contributed by atoms with Gasteiger partial charge in [0.05, 0.1) is 5.69 Å². The van der Waals surface area contributed by atoms with Gasteiger partial charge in [0.1, 0.15) is 12.4 Å². The first kappa shape index (κ1) is 13.7. The summed E-state index contributed by atoms with van der Waals surface area (Å²) in [7, 11) is 0. The molecule has 0 bridgehead atoms. The van der Waals surface area contributed by atoms with Gasteiger partial charge in [-0.15, -0.1) is 0 Å². The highest BCUT2D eigenvalue weighted by Gasteiger charge is 2.00. The second kappa shape index (κ2) is 6.47. The molecule has 0 saturated carbocycles. The van der Waals surface area contributed by atoms with E-state index in [-0.39, 0.29) is 0 Å². The minimum absolute atomic E-state index is 0.431. The molecule has 2 rings (SSSR count). The molecule has 0 saturated heterocycles. The maximum Gasteiger partial charge on any atom is 0.248 e. The molecule has 0 spiro atoms. The maximum absolute atomic E-state index is 10.9. The van der Waals surface area contributed by atoms with Gasteiger partial charge in [0.15, 0.2) is 0 Å². The Labute approximate surface area is 117 Å². The van der Waals surface area contributed by atoms with E-state index in [9.17, 15) is 4.79 Å². The Hall–Kier alpha value is -2.69. The fraction of sp³-hybridized carbons (Fsp3) is 0.133. The van der Waals surface area contributed by atoms with Crippen LogP contribution < -0.4 is 21.5 Å². The van der Waals surface area contributed by atoms with Gasteiger partial charge in [-0.2, -0.15) is 0 Å². The van der Waals surface area contributed by atoms with Gasteiger partial charge in [-0.1, -0.05) is 12.1 Å². The van der Waals surface area contributed by atoms with Gasteiger partial charge in [0.2, 0.25) is 5.91 Å². The number of carbonyl (C=O) groups excluding carboxylic acids is 1. The molecule has 0 heterocycles. The summed E-state index contributed by atoms with van der Waals surface area (Å²) < 4.78 is 5.56. The van der Waals surface area contributed by atoms with Gasteiger partial charge in [-0.25, -0.2) is 0 Å². The SMILES string of the molecule is NC(=O)c1ccc(NCCOc2ccccc2N)cc1. The Morgan fingerprint density at radius 3 is 2.45 bits per heavy atom. The summed E-state index contributed by atoms with van der Waals surface area (Å²) in [4.78, 5) is 10.9. The number of ether oxygens (including phenoxy) is 1. The number of amides is 1. The molecule has 2 aromatic rings. The molecule has 5 nitrogen and oxygen atoms in total. The number of benzene rings is 2.